The van der Waals surface area contributed by atoms with Gasteiger partial charge in [-0.15, -0.1) is 0 Å². The Morgan fingerprint density at radius 3 is 2.23 bits per heavy atom. The maximum atomic E-state index is 13.2. The molecular formula is C26H35N3O6. The lowest BCUT2D eigenvalue weighted by atomic mass is 10.1. The second-order valence-corrected chi connectivity index (χ2v) is 8.29. The molecule has 0 aliphatic carbocycles. The van der Waals surface area contributed by atoms with Crippen LogP contribution in [0.3, 0.4) is 0 Å². The lowest BCUT2D eigenvalue weighted by molar-refractivity contribution is -0.125. The first kappa shape index (κ1) is 26.2. The summed E-state index contributed by atoms with van der Waals surface area (Å²) in [6.45, 7) is 9.81. The highest BCUT2D eigenvalue weighted by molar-refractivity contribution is 6.06. The number of amides is 2. The van der Waals surface area contributed by atoms with Crippen molar-refractivity contribution in [3.05, 3.63) is 35.9 Å². The Labute approximate surface area is 206 Å². The number of nitrogens with zero attached hydrogens (tertiary/aromatic N) is 2. The van der Waals surface area contributed by atoms with E-state index in [-0.39, 0.29) is 11.8 Å². The highest BCUT2D eigenvalue weighted by atomic mass is 16.5. The van der Waals surface area contributed by atoms with Crippen LogP contribution in [0.4, 0.5) is 11.4 Å². The first-order valence-corrected chi connectivity index (χ1v) is 11.9. The molecule has 0 bridgehead atoms. The quantitative estimate of drug-likeness (QED) is 0.518. The van der Waals surface area contributed by atoms with E-state index in [2.05, 4.69) is 5.32 Å². The van der Waals surface area contributed by atoms with Crippen molar-refractivity contribution in [2.75, 3.05) is 57.2 Å². The van der Waals surface area contributed by atoms with Crippen LogP contribution >= 0.6 is 0 Å². The molecule has 0 saturated heterocycles. The molecule has 1 heterocycles. The number of carbonyl (C=O) groups excluding carboxylic acids is 2. The number of benzene rings is 2. The molecule has 3 rings (SSSR count). The van der Waals surface area contributed by atoms with Gasteiger partial charge in [0.2, 0.25) is 5.75 Å². The molecule has 9 nitrogen and oxygen atoms in total. The van der Waals surface area contributed by atoms with Crippen molar-refractivity contribution in [2.45, 2.75) is 33.8 Å². The van der Waals surface area contributed by atoms with Gasteiger partial charge >= 0.3 is 0 Å². The van der Waals surface area contributed by atoms with Crippen molar-refractivity contribution in [1.82, 2.24) is 4.90 Å². The van der Waals surface area contributed by atoms with Crippen LogP contribution in [-0.2, 0) is 4.79 Å². The fourth-order valence-electron chi connectivity index (χ4n) is 3.74. The first-order valence-electron chi connectivity index (χ1n) is 11.9. The van der Waals surface area contributed by atoms with Gasteiger partial charge in [0.25, 0.3) is 11.8 Å². The van der Waals surface area contributed by atoms with Gasteiger partial charge in [0.15, 0.2) is 17.6 Å². The molecule has 0 aromatic heterocycles. The summed E-state index contributed by atoms with van der Waals surface area (Å²) in [5.74, 6) is 1.51. The second-order valence-electron chi connectivity index (χ2n) is 8.29. The van der Waals surface area contributed by atoms with E-state index in [0.717, 1.165) is 0 Å². The van der Waals surface area contributed by atoms with Gasteiger partial charge in [0, 0.05) is 24.3 Å². The monoisotopic (exact) mass is 485 g/mol. The van der Waals surface area contributed by atoms with Crippen LogP contribution in [-0.4, -0.2) is 69.8 Å². The number of nitrogens with one attached hydrogen (secondary N) is 1. The van der Waals surface area contributed by atoms with Gasteiger partial charge < -0.3 is 34.1 Å². The van der Waals surface area contributed by atoms with Gasteiger partial charge in [-0.1, -0.05) is 0 Å². The second kappa shape index (κ2) is 11.8. The van der Waals surface area contributed by atoms with E-state index < -0.39 is 6.10 Å². The minimum Gasteiger partial charge on any atom is -0.490 e. The van der Waals surface area contributed by atoms with Crippen LogP contribution in [0.15, 0.2) is 30.3 Å². The molecule has 1 atom stereocenters. The van der Waals surface area contributed by atoms with Crippen molar-refractivity contribution in [3.63, 3.8) is 0 Å². The van der Waals surface area contributed by atoms with Crippen LogP contribution in [0, 0.1) is 0 Å². The number of rotatable bonds is 11. The summed E-state index contributed by atoms with van der Waals surface area (Å²) >= 11 is 0. The van der Waals surface area contributed by atoms with Crippen LogP contribution in [0.25, 0.3) is 0 Å². The normalized spacial score (nSPS) is 14.9. The molecule has 2 amide bonds. The van der Waals surface area contributed by atoms with Gasteiger partial charge in [-0.2, -0.15) is 0 Å². The number of fused-ring (bicyclic) bond motifs is 1. The highest BCUT2D eigenvalue weighted by Crippen LogP contribution is 2.40. The molecule has 2 aromatic rings. The number of likely N-dealkylation sites (N-methyl/N-ethyl adjacent to an activating group) is 1. The third-order valence-electron chi connectivity index (χ3n) is 5.37. The Morgan fingerprint density at radius 2 is 1.66 bits per heavy atom. The van der Waals surface area contributed by atoms with E-state index >= 15 is 0 Å². The zero-order valence-electron chi connectivity index (χ0n) is 21.3. The Bertz CT molecular complexity index is 1030. The van der Waals surface area contributed by atoms with Crippen LogP contribution < -0.4 is 29.2 Å². The molecule has 0 fully saturated rings. The van der Waals surface area contributed by atoms with Gasteiger partial charge in [-0.3, -0.25) is 9.59 Å². The molecule has 9 heteroatoms. The molecule has 35 heavy (non-hydrogen) atoms. The smallest absolute Gasteiger partial charge is 0.267 e. The Hall–Kier alpha value is -3.46. The zero-order chi connectivity index (χ0) is 25.5. The van der Waals surface area contributed by atoms with Crippen LogP contribution in [0.2, 0.25) is 0 Å². The van der Waals surface area contributed by atoms with Crippen molar-refractivity contribution < 1.29 is 28.5 Å². The maximum absolute atomic E-state index is 13.2. The predicted octanol–water partition coefficient (Wildman–Crippen LogP) is 3.81. The highest BCUT2D eigenvalue weighted by Gasteiger charge is 2.31. The van der Waals surface area contributed by atoms with E-state index in [1.165, 1.54) is 0 Å². The minimum atomic E-state index is -0.567. The molecule has 190 valence electrons. The van der Waals surface area contributed by atoms with E-state index in [9.17, 15) is 9.59 Å². The topological polar surface area (TPSA) is 89.6 Å². The lowest BCUT2D eigenvalue weighted by Gasteiger charge is -2.34. The first-order chi connectivity index (χ1) is 16.8. The number of carbonyl (C=O) groups is 2. The molecule has 0 saturated carbocycles. The molecule has 0 radical (unpaired) electrons. The summed E-state index contributed by atoms with van der Waals surface area (Å²) in [5, 5.41) is 2.92. The standard InChI is InChI=1S/C26H35N3O6/c1-7-32-22-14-18(15-23(33-8-2)24(22)34-9-3)25(30)27-19-10-11-21-20(16-19)29(13-12-28(5)6)26(31)17(4)35-21/h10-11,14-17H,7-9,12-13H2,1-6H3,(H,27,30). The summed E-state index contributed by atoms with van der Waals surface area (Å²) in [6.07, 6.45) is -0.567. The van der Waals surface area contributed by atoms with E-state index in [1.54, 1.807) is 42.2 Å². The third kappa shape index (κ3) is 6.16. The molecule has 1 aliphatic rings. The van der Waals surface area contributed by atoms with Gasteiger partial charge in [-0.05, 0) is 72.1 Å². The van der Waals surface area contributed by atoms with E-state index in [4.69, 9.17) is 18.9 Å². The van der Waals surface area contributed by atoms with E-state index in [0.29, 0.717) is 72.8 Å². The minimum absolute atomic E-state index is 0.114. The fourth-order valence-corrected chi connectivity index (χ4v) is 3.74. The SMILES string of the molecule is CCOc1cc(C(=O)Nc2ccc3c(c2)N(CCN(C)C)C(=O)C(C)O3)cc(OCC)c1OCC. The van der Waals surface area contributed by atoms with Crippen molar-refractivity contribution >= 4 is 23.2 Å². The van der Waals surface area contributed by atoms with Crippen molar-refractivity contribution in [1.29, 1.82) is 0 Å². The largest absolute Gasteiger partial charge is 0.490 e. The summed E-state index contributed by atoms with van der Waals surface area (Å²) < 4.78 is 23.0. The van der Waals surface area contributed by atoms with Crippen LogP contribution in [0.1, 0.15) is 38.1 Å². The Balaban J connectivity index is 1.91. The summed E-state index contributed by atoms with van der Waals surface area (Å²) in [6, 6.07) is 8.57. The van der Waals surface area contributed by atoms with Crippen LogP contribution in [0.5, 0.6) is 23.0 Å². The average molecular weight is 486 g/mol. The fraction of sp³-hybridized carbons (Fsp3) is 0.462. The third-order valence-corrected chi connectivity index (χ3v) is 5.37. The lowest BCUT2D eigenvalue weighted by Crippen LogP contribution is -2.46. The predicted molar refractivity (Wildman–Crippen MR) is 135 cm³/mol. The summed E-state index contributed by atoms with van der Waals surface area (Å²) in [4.78, 5) is 29.7. The number of ether oxygens (including phenoxy) is 4. The molecule has 1 N–H and O–H groups in total. The van der Waals surface area contributed by atoms with Crippen molar-refractivity contribution in [2.24, 2.45) is 0 Å². The molecular weight excluding hydrogens is 450 g/mol. The summed E-state index contributed by atoms with van der Waals surface area (Å²) in [5.41, 5.74) is 1.53. The maximum Gasteiger partial charge on any atom is 0.267 e. The number of hydrogen-bond donors (Lipinski definition) is 1. The van der Waals surface area contributed by atoms with E-state index in [1.807, 2.05) is 39.8 Å². The molecule has 1 aliphatic heterocycles. The number of anilines is 2. The molecule has 0 spiro atoms. The van der Waals surface area contributed by atoms with Gasteiger partial charge in [0.1, 0.15) is 5.75 Å². The average Bonchev–Trinajstić information content (AvgIpc) is 2.81. The molecule has 2 aromatic carbocycles. The van der Waals surface area contributed by atoms with Gasteiger partial charge in [0.05, 0.1) is 25.5 Å². The summed E-state index contributed by atoms with van der Waals surface area (Å²) in [7, 11) is 3.91. The number of hydrogen-bond acceptors (Lipinski definition) is 7. The Morgan fingerprint density at radius 1 is 1.03 bits per heavy atom. The zero-order valence-corrected chi connectivity index (χ0v) is 21.3. The molecule has 1 unspecified atom stereocenters. The van der Waals surface area contributed by atoms with Gasteiger partial charge in [-0.25, -0.2) is 0 Å². The van der Waals surface area contributed by atoms with Crippen molar-refractivity contribution in [3.8, 4) is 23.0 Å². The Kier molecular flexibility index (Phi) is 8.81.